The van der Waals surface area contributed by atoms with Crippen LogP contribution in [0.25, 0.3) is 0 Å². The zero-order valence-electron chi connectivity index (χ0n) is 13.8. The summed E-state index contributed by atoms with van der Waals surface area (Å²) in [6, 6.07) is 1.22. The van der Waals surface area contributed by atoms with Crippen LogP contribution < -0.4 is 5.32 Å². The molecule has 2 aliphatic rings. The molecular weight excluding hydrogens is 250 g/mol. The number of hydrogen-bond acceptors (Lipinski definition) is 4. The maximum absolute atomic E-state index is 5.37. The molecule has 2 fully saturated rings. The van der Waals surface area contributed by atoms with Crippen LogP contribution in [-0.2, 0) is 4.74 Å². The van der Waals surface area contributed by atoms with E-state index in [1.165, 1.54) is 39.0 Å². The van der Waals surface area contributed by atoms with Gasteiger partial charge in [0.15, 0.2) is 0 Å². The van der Waals surface area contributed by atoms with Crippen molar-refractivity contribution in [3.63, 3.8) is 0 Å². The van der Waals surface area contributed by atoms with E-state index in [0.29, 0.717) is 18.0 Å². The van der Waals surface area contributed by atoms with Gasteiger partial charge in [-0.25, -0.2) is 0 Å². The first-order chi connectivity index (χ1) is 9.61. The van der Waals surface area contributed by atoms with Gasteiger partial charge in [0, 0.05) is 51.9 Å². The summed E-state index contributed by atoms with van der Waals surface area (Å²) in [7, 11) is 4.04. The molecular formula is C16H33N3O. The average Bonchev–Trinajstić information content (AvgIpc) is 3.24. The largest absolute Gasteiger partial charge is 0.383 e. The molecule has 1 saturated heterocycles. The van der Waals surface area contributed by atoms with E-state index in [0.717, 1.165) is 19.1 Å². The number of likely N-dealkylation sites (N-methyl/N-ethyl adjacent to an activating group) is 1. The molecule has 4 nitrogen and oxygen atoms in total. The van der Waals surface area contributed by atoms with Gasteiger partial charge in [-0.3, -0.25) is 4.90 Å². The van der Waals surface area contributed by atoms with Crippen LogP contribution in [0.4, 0.5) is 0 Å². The molecule has 0 bridgehead atoms. The van der Waals surface area contributed by atoms with E-state index in [1.807, 2.05) is 7.11 Å². The Morgan fingerprint density at radius 3 is 2.30 bits per heavy atom. The van der Waals surface area contributed by atoms with E-state index < -0.39 is 0 Å². The van der Waals surface area contributed by atoms with Gasteiger partial charge in [0.1, 0.15) is 0 Å². The molecule has 1 aliphatic carbocycles. The highest BCUT2D eigenvalue weighted by molar-refractivity contribution is 4.89. The molecule has 20 heavy (non-hydrogen) atoms. The predicted molar refractivity (Wildman–Crippen MR) is 84.1 cm³/mol. The Balaban J connectivity index is 1.82. The van der Waals surface area contributed by atoms with Crippen LogP contribution in [0.5, 0.6) is 0 Å². The Labute approximate surface area is 124 Å². The van der Waals surface area contributed by atoms with Crippen LogP contribution in [0.1, 0.15) is 26.7 Å². The standard InChI is InChI=1S/C16H33N3O/c1-13(2)16(19-9-7-18(3)8-10-19)11-17-15(12-20-4)14-5-6-14/h13-17H,5-12H2,1-4H3. The lowest BCUT2D eigenvalue weighted by Gasteiger charge is -2.40. The van der Waals surface area contributed by atoms with Crippen LogP contribution >= 0.6 is 0 Å². The Morgan fingerprint density at radius 2 is 1.80 bits per heavy atom. The Morgan fingerprint density at radius 1 is 1.15 bits per heavy atom. The lowest BCUT2D eigenvalue weighted by atomic mass is 10.0. The SMILES string of the molecule is COCC(NCC(C(C)C)N1CCN(C)CC1)C1CC1. The molecule has 0 aromatic carbocycles. The molecule has 0 amide bonds. The molecule has 2 rings (SSSR count). The fourth-order valence-corrected chi connectivity index (χ4v) is 3.25. The van der Waals surface area contributed by atoms with Gasteiger partial charge in [0.25, 0.3) is 0 Å². The zero-order chi connectivity index (χ0) is 14.5. The first kappa shape index (κ1) is 16.2. The maximum atomic E-state index is 5.37. The molecule has 1 saturated carbocycles. The molecule has 0 aromatic rings. The van der Waals surface area contributed by atoms with Crippen LogP contribution in [-0.4, -0.2) is 75.4 Å². The smallest absolute Gasteiger partial charge is 0.0618 e. The first-order valence-electron chi connectivity index (χ1n) is 8.26. The van der Waals surface area contributed by atoms with Crippen LogP contribution in [0, 0.1) is 11.8 Å². The van der Waals surface area contributed by atoms with Crippen molar-refractivity contribution in [2.24, 2.45) is 11.8 Å². The highest BCUT2D eigenvalue weighted by Gasteiger charge is 2.32. The summed E-state index contributed by atoms with van der Waals surface area (Å²) < 4.78 is 5.37. The second kappa shape index (κ2) is 7.74. The van der Waals surface area contributed by atoms with Gasteiger partial charge in [-0.15, -0.1) is 0 Å². The number of piperazine rings is 1. The highest BCUT2D eigenvalue weighted by atomic mass is 16.5. The van der Waals surface area contributed by atoms with E-state index in [-0.39, 0.29) is 0 Å². The summed E-state index contributed by atoms with van der Waals surface area (Å²) in [5.41, 5.74) is 0. The summed E-state index contributed by atoms with van der Waals surface area (Å²) >= 11 is 0. The quantitative estimate of drug-likeness (QED) is 0.726. The number of methoxy groups -OCH3 is 1. The van der Waals surface area contributed by atoms with Crippen LogP contribution in [0.2, 0.25) is 0 Å². The molecule has 0 spiro atoms. The normalized spacial score (nSPS) is 25.1. The molecule has 0 aromatic heterocycles. The van der Waals surface area contributed by atoms with Gasteiger partial charge in [-0.05, 0) is 31.7 Å². The molecule has 2 unspecified atom stereocenters. The van der Waals surface area contributed by atoms with Crippen molar-refractivity contribution in [3.8, 4) is 0 Å². The number of nitrogens with one attached hydrogen (secondary N) is 1. The van der Waals surface area contributed by atoms with Gasteiger partial charge in [-0.2, -0.15) is 0 Å². The molecule has 4 heteroatoms. The fourth-order valence-electron chi connectivity index (χ4n) is 3.25. The Bertz CT molecular complexity index is 273. The van der Waals surface area contributed by atoms with Crippen molar-refractivity contribution in [3.05, 3.63) is 0 Å². The number of nitrogens with zero attached hydrogens (tertiary/aromatic N) is 2. The third-order valence-corrected chi connectivity index (χ3v) is 4.90. The topological polar surface area (TPSA) is 27.7 Å². The Hall–Kier alpha value is -0.160. The minimum Gasteiger partial charge on any atom is -0.383 e. The minimum absolute atomic E-state index is 0.564. The summed E-state index contributed by atoms with van der Waals surface area (Å²) in [5.74, 6) is 1.56. The monoisotopic (exact) mass is 283 g/mol. The molecule has 118 valence electrons. The lowest BCUT2D eigenvalue weighted by molar-refractivity contribution is 0.0808. The van der Waals surface area contributed by atoms with Crippen molar-refractivity contribution in [2.45, 2.75) is 38.8 Å². The highest BCUT2D eigenvalue weighted by Crippen LogP contribution is 2.32. The maximum Gasteiger partial charge on any atom is 0.0618 e. The first-order valence-corrected chi connectivity index (χ1v) is 8.26. The molecule has 1 aliphatic heterocycles. The summed E-state index contributed by atoms with van der Waals surface area (Å²) in [5, 5.41) is 3.79. The van der Waals surface area contributed by atoms with E-state index in [4.69, 9.17) is 4.74 Å². The van der Waals surface area contributed by atoms with E-state index in [2.05, 4.69) is 36.0 Å². The summed E-state index contributed by atoms with van der Waals surface area (Å²) in [6.45, 7) is 11.5. The third-order valence-electron chi connectivity index (χ3n) is 4.90. The predicted octanol–water partition coefficient (Wildman–Crippen LogP) is 1.27. The van der Waals surface area contributed by atoms with Crippen molar-refractivity contribution in [2.75, 3.05) is 53.5 Å². The van der Waals surface area contributed by atoms with Gasteiger partial charge < -0.3 is 15.0 Å². The number of hydrogen-bond donors (Lipinski definition) is 1. The van der Waals surface area contributed by atoms with Gasteiger partial charge in [-0.1, -0.05) is 13.8 Å². The van der Waals surface area contributed by atoms with E-state index in [1.54, 1.807) is 0 Å². The van der Waals surface area contributed by atoms with Crippen molar-refractivity contribution in [1.82, 2.24) is 15.1 Å². The summed E-state index contributed by atoms with van der Waals surface area (Å²) in [4.78, 5) is 5.10. The zero-order valence-corrected chi connectivity index (χ0v) is 13.8. The lowest BCUT2D eigenvalue weighted by Crippen LogP contribution is -2.55. The second-order valence-corrected chi connectivity index (χ2v) is 6.96. The van der Waals surface area contributed by atoms with Gasteiger partial charge >= 0.3 is 0 Å². The Kier molecular flexibility index (Phi) is 6.27. The van der Waals surface area contributed by atoms with Gasteiger partial charge in [0.05, 0.1) is 6.61 Å². The van der Waals surface area contributed by atoms with Gasteiger partial charge in [0.2, 0.25) is 0 Å². The molecule has 0 radical (unpaired) electrons. The fraction of sp³-hybridized carbons (Fsp3) is 1.00. The van der Waals surface area contributed by atoms with E-state index in [9.17, 15) is 0 Å². The average molecular weight is 283 g/mol. The minimum atomic E-state index is 0.564. The van der Waals surface area contributed by atoms with Crippen molar-refractivity contribution >= 4 is 0 Å². The van der Waals surface area contributed by atoms with Crippen LogP contribution in [0.15, 0.2) is 0 Å². The molecule has 2 atom stereocenters. The van der Waals surface area contributed by atoms with Crippen LogP contribution in [0.3, 0.4) is 0 Å². The molecule has 1 N–H and O–H groups in total. The van der Waals surface area contributed by atoms with E-state index >= 15 is 0 Å². The second-order valence-electron chi connectivity index (χ2n) is 6.96. The van der Waals surface area contributed by atoms with Crippen molar-refractivity contribution < 1.29 is 4.74 Å². The third kappa shape index (κ3) is 4.69. The molecule has 1 heterocycles. The number of rotatable bonds is 8. The van der Waals surface area contributed by atoms with Crippen molar-refractivity contribution in [1.29, 1.82) is 0 Å². The number of ether oxygens (including phenoxy) is 1. The summed E-state index contributed by atoms with van der Waals surface area (Å²) in [6.07, 6.45) is 2.75.